The maximum absolute atomic E-state index is 13.7. The lowest BCUT2D eigenvalue weighted by molar-refractivity contribution is -0.163. The Hall–Kier alpha value is -4.20. The van der Waals surface area contributed by atoms with Gasteiger partial charge in [-0.05, 0) is 43.2 Å². The molecule has 3 heterocycles. The average Bonchev–Trinajstić information content (AvgIpc) is 3.46. The number of β-lactam (4-membered cyclic amide) rings is 1. The molecule has 12 nitrogen and oxygen atoms in total. The van der Waals surface area contributed by atoms with Crippen LogP contribution in [0.4, 0.5) is 11.4 Å². The molecule has 2 fully saturated rings. The van der Waals surface area contributed by atoms with Gasteiger partial charge in [0.15, 0.2) is 0 Å². The third-order valence-electron chi connectivity index (χ3n) is 8.35. The molecule has 44 heavy (non-hydrogen) atoms. The molecular formula is C31H34N4O8S. The van der Waals surface area contributed by atoms with Crippen molar-refractivity contribution in [1.82, 2.24) is 9.80 Å². The molecule has 5 N–H and O–H groups in total. The number of carbonyl (C=O) groups excluding carboxylic acids is 3. The lowest BCUT2D eigenvalue weighted by Gasteiger charge is -2.46. The van der Waals surface area contributed by atoms with Crippen LogP contribution < -0.4 is 10.6 Å². The van der Waals surface area contributed by atoms with Gasteiger partial charge in [-0.25, -0.2) is 9.59 Å². The molecular weight excluding hydrogens is 588 g/mol. The van der Waals surface area contributed by atoms with Gasteiger partial charge in [0.2, 0.25) is 17.7 Å². The Morgan fingerprint density at radius 1 is 1.05 bits per heavy atom. The van der Waals surface area contributed by atoms with Crippen molar-refractivity contribution in [1.29, 1.82) is 0 Å². The van der Waals surface area contributed by atoms with Gasteiger partial charge in [0.1, 0.15) is 5.70 Å². The molecule has 2 saturated heterocycles. The van der Waals surface area contributed by atoms with E-state index >= 15 is 0 Å². The van der Waals surface area contributed by atoms with Gasteiger partial charge in [0.05, 0.1) is 29.7 Å². The van der Waals surface area contributed by atoms with E-state index in [9.17, 15) is 39.3 Å². The number of fused-ring (bicyclic) bond motifs is 1. The predicted molar refractivity (Wildman–Crippen MR) is 163 cm³/mol. The highest BCUT2D eigenvalue weighted by Gasteiger charge is 2.60. The summed E-state index contributed by atoms with van der Waals surface area (Å²) in [6, 6.07) is 12.1. The highest BCUT2D eigenvalue weighted by Crippen LogP contribution is 2.52. The van der Waals surface area contributed by atoms with Crippen molar-refractivity contribution in [3.8, 4) is 0 Å². The fraction of sp³-hybridized carbons (Fsp3) is 0.387. The second-order valence-electron chi connectivity index (χ2n) is 11.4. The summed E-state index contributed by atoms with van der Waals surface area (Å²) < 4.78 is 0. The molecule has 0 saturated carbocycles. The van der Waals surface area contributed by atoms with Crippen LogP contribution in [0.15, 0.2) is 59.1 Å². The first-order valence-corrected chi connectivity index (χ1v) is 15.1. The van der Waals surface area contributed by atoms with E-state index < -0.39 is 42.0 Å². The lowest BCUT2D eigenvalue weighted by atomic mass is 9.79. The maximum Gasteiger partial charge on any atom is 0.353 e. The standard InChI is InChI=1S/C31H34N4O8S/c1-15-25-24(16(2)36)29(39)35(25)26(31(42)43)27(15)44-21-12-23(28(38)33-20-9-6-8-18(11-20)30(40)41)34(14-21)13-19-7-4-5-10-22(19)32-17(3)37/h4-11,15-16,21,23-25,36H,12-14H2,1-3H3,(H,32,37)(H,33,38)(H,40,41)(H,42,43)/t15?,16-,21+,23+,24-,25?/m1/s1. The van der Waals surface area contributed by atoms with E-state index in [0.29, 0.717) is 35.8 Å². The Morgan fingerprint density at radius 3 is 2.43 bits per heavy atom. The third-order valence-corrected chi connectivity index (χ3v) is 9.84. The van der Waals surface area contributed by atoms with Gasteiger partial charge in [0, 0.05) is 47.5 Å². The summed E-state index contributed by atoms with van der Waals surface area (Å²) in [4.78, 5) is 65.9. The van der Waals surface area contributed by atoms with Crippen molar-refractivity contribution in [3.05, 3.63) is 70.3 Å². The number of carboxylic acid groups (broad SMARTS) is 2. The number of carbonyl (C=O) groups is 5. The first-order valence-electron chi connectivity index (χ1n) is 14.3. The monoisotopic (exact) mass is 622 g/mol. The summed E-state index contributed by atoms with van der Waals surface area (Å²) in [6.07, 6.45) is -0.567. The van der Waals surface area contributed by atoms with Crippen LogP contribution >= 0.6 is 11.8 Å². The number of amides is 3. The second kappa shape index (κ2) is 12.4. The molecule has 5 rings (SSSR count). The number of para-hydroxylation sites is 1. The summed E-state index contributed by atoms with van der Waals surface area (Å²) >= 11 is 1.34. The van der Waals surface area contributed by atoms with E-state index in [4.69, 9.17) is 0 Å². The number of aromatic carboxylic acids is 1. The number of carboxylic acids is 2. The SMILES string of the molecule is CC(=O)Nc1ccccc1CN1C[C@@H](SC2=C(C(=O)O)N3C(=O)[C@H]([C@@H](C)O)C3C2C)C[C@H]1C(=O)Nc1cccc(C(=O)O)c1. The van der Waals surface area contributed by atoms with Crippen LogP contribution in [0.3, 0.4) is 0 Å². The van der Waals surface area contributed by atoms with Gasteiger partial charge < -0.3 is 30.9 Å². The zero-order valence-electron chi connectivity index (χ0n) is 24.4. The zero-order valence-corrected chi connectivity index (χ0v) is 25.2. The zero-order chi connectivity index (χ0) is 31.9. The van der Waals surface area contributed by atoms with Gasteiger partial charge in [-0.15, -0.1) is 11.8 Å². The molecule has 0 spiro atoms. The molecule has 0 aromatic heterocycles. The number of aliphatic hydroxyl groups excluding tert-OH is 1. The van der Waals surface area contributed by atoms with E-state index in [1.807, 2.05) is 24.0 Å². The first-order chi connectivity index (χ1) is 20.9. The van der Waals surface area contributed by atoms with Crippen molar-refractivity contribution in [3.63, 3.8) is 0 Å². The third kappa shape index (κ3) is 5.94. The summed E-state index contributed by atoms with van der Waals surface area (Å²) in [6.45, 7) is 5.49. The molecule has 3 aliphatic heterocycles. The van der Waals surface area contributed by atoms with Crippen LogP contribution in [0, 0.1) is 11.8 Å². The number of anilines is 2. The number of rotatable bonds is 10. The molecule has 2 aromatic rings. The maximum atomic E-state index is 13.7. The number of aliphatic hydroxyl groups is 1. The number of benzene rings is 2. The molecule has 232 valence electrons. The fourth-order valence-corrected chi connectivity index (χ4v) is 7.95. The Balaban J connectivity index is 1.42. The fourth-order valence-electron chi connectivity index (χ4n) is 6.40. The second-order valence-corrected chi connectivity index (χ2v) is 12.7. The highest BCUT2D eigenvalue weighted by molar-refractivity contribution is 8.03. The van der Waals surface area contributed by atoms with Crippen LogP contribution in [-0.2, 0) is 25.7 Å². The van der Waals surface area contributed by atoms with Crippen LogP contribution in [0.25, 0.3) is 0 Å². The number of hydrogen-bond acceptors (Lipinski definition) is 8. The minimum Gasteiger partial charge on any atom is -0.478 e. The molecule has 0 bridgehead atoms. The lowest BCUT2D eigenvalue weighted by Crippen LogP contribution is -2.63. The topological polar surface area (TPSA) is 177 Å². The first kappa shape index (κ1) is 31.2. The van der Waals surface area contributed by atoms with E-state index in [1.165, 1.54) is 42.6 Å². The van der Waals surface area contributed by atoms with Crippen molar-refractivity contribution in [2.75, 3.05) is 17.2 Å². The van der Waals surface area contributed by atoms with Gasteiger partial charge in [-0.1, -0.05) is 31.2 Å². The average molecular weight is 623 g/mol. The van der Waals surface area contributed by atoms with Crippen molar-refractivity contribution in [2.24, 2.45) is 11.8 Å². The molecule has 2 aromatic carbocycles. The summed E-state index contributed by atoms with van der Waals surface area (Å²) in [5.41, 5.74) is 1.68. The Labute approximate surface area is 258 Å². The number of likely N-dealkylation sites (tertiary alicyclic amines) is 1. The minimum atomic E-state index is -1.22. The number of nitrogens with zero attached hydrogens (tertiary/aromatic N) is 2. The van der Waals surface area contributed by atoms with Gasteiger partial charge in [0.25, 0.3) is 0 Å². The number of thioether (sulfide) groups is 1. The largest absolute Gasteiger partial charge is 0.478 e. The summed E-state index contributed by atoms with van der Waals surface area (Å²) in [5, 5.41) is 35.1. The van der Waals surface area contributed by atoms with Crippen molar-refractivity contribution < 1.29 is 39.3 Å². The van der Waals surface area contributed by atoms with E-state index in [1.54, 1.807) is 24.3 Å². The summed E-state index contributed by atoms with van der Waals surface area (Å²) in [5.74, 6) is -4.33. The number of hydrogen-bond donors (Lipinski definition) is 5. The summed E-state index contributed by atoms with van der Waals surface area (Å²) in [7, 11) is 0. The number of nitrogens with one attached hydrogen (secondary N) is 2. The van der Waals surface area contributed by atoms with Crippen LogP contribution in [0.1, 0.15) is 43.1 Å². The molecule has 0 aliphatic carbocycles. The highest BCUT2D eigenvalue weighted by atomic mass is 32.2. The van der Waals surface area contributed by atoms with Gasteiger partial charge in [-0.2, -0.15) is 0 Å². The molecule has 3 amide bonds. The minimum absolute atomic E-state index is 0.0294. The molecule has 6 atom stereocenters. The Morgan fingerprint density at radius 2 is 1.77 bits per heavy atom. The van der Waals surface area contributed by atoms with Crippen LogP contribution in [0.5, 0.6) is 0 Å². The predicted octanol–water partition coefficient (Wildman–Crippen LogP) is 2.81. The van der Waals surface area contributed by atoms with Crippen LogP contribution in [-0.4, -0.2) is 84.8 Å². The normalized spacial score (nSPS) is 25.3. The Kier molecular flexibility index (Phi) is 8.82. The van der Waals surface area contributed by atoms with Crippen LogP contribution in [0.2, 0.25) is 0 Å². The smallest absolute Gasteiger partial charge is 0.353 e. The van der Waals surface area contributed by atoms with Gasteiger partial charge in [-0.3, -0.25) is 19.3 Å². The molecule has 2 unspecified atom stereocenters. The van der Waals surface area contributed by atoms with Crippen molar-refractivity contribution >= 4 is 52.8 Å². The van der Waals surface area contributed by atoms with E-state index in [2.05, 4.69) is 10.6 Å². The van der Waals surface area contributed by atoms with Crippen molar-refractivity contribution in [2.45, 2.75) is 57.2 Å². The van der Waals surface area contributed by atoms with E-state index in [0.717, 1.165) is 5.56 Å². The number of aliphatic carboxylic acids is 1. The van der Waals surface area contributed by atoms with Gasteiger partial charge >= 0.3 is 11.9 Å². The molecule has 3 aliphatic rings. The molecule has 0 radical (unpaired) electrons. The molecule has 13 heteroatoms. The quantitative estimate of drug-likeness (QED) is 0.248. The van der Waals surface area contributed by atoms with E-state index in [-0.39, 0.29) is 34.2 Å². The Bertz CT molecular complexity index is 1560.